The van der Waals surface area contributed by atoms with E-state index in [9.17, 15) is 0 Å². The number of ether oxygens (including phenoxy) is 2. The Labute approximate surface area is 903 Å². The molecule has 0 atom stereocenters. The molecule has 8 fully saturated rings. The number of anilines is 8. The van der Waals surface area contributed by atoms with Crippen molar-refractivity contribution < 1.29 is 9.47 Å². The summed E-state index contributed by atoms with van der Waals surface area (Å²) >= 11 is 0. The number of morpholine rings is 1. The number of rotatable bonds is 26. The number of nitrogens with zero attached hydrogens (tertiary/aromatic N) is 7. The Kier molecular flexibility index (Phi) is 56.7. The van der Waals surface area contributed by atoms with Gasteiger partial charge in [-0.3, -0.25) is 0 Å². The van der Waals surface area contributed by atoms with Gasteiger partial charge in [0.15, 0.2) is 0 Å². The van der Waals surface area contributed by atoms with Crippen molar-refractivity contribution in [3.05, 3.63) is 304 Å². The van der Waals surface area contributed by atoms with Crippen LogP contribution in [-0.2, 0) is 4.74 Å². The van der Waals surface area contributed by atoms with Crippen molar-refractivity contribution in [2.45, 2.75) is 313 Å². The third-order valence-corrected chi connectivity index (χ3v) is 30.2. The second-order valence-electron chi connectivity index (χ2n) is 45.1. The normalized spacial score (nSPS) is 16.0. The Morgan fingerprint density at radius 2 is 0.446 bits per heavy atom. The quantitative estimate of drug-likeness (QED) is 0.0333. The summed E-state index contributed by atoms with van der Waals surface area (Å²) in [7, 11) is 3.88. The van der Waals surface area contributed by atoms with E-state index in [-0.39, 0.29) is 0 Å². The third kappa shape index (κ3) is 44.6. The molecule has 14 nitrogen and oxygen atoms in total. The van der Waals surface area contributed by atoms with Gasteiger partial charge in [-0.05, 0) is 346 Å². The van der Waals surface area contributed by atoms with Gasteiger partial charge in [0.1, 0.15) is 12.4 Å². The summed E-state index contributed by atoms with van der Waals surface area (Å²) in [6.45, 7) is 71.2. The highest BCUT2D eigenvalue weighted by atomic mass is 16.5. The molecule has 812 valence electrons. The SMILES string of the molecule is CC(C)c1ccc(C2CCNCC2)cc1.CC(C)c1ccc(N2CCCC2)cc1.CC(C)c1ccc(N2CCCC2)cc1.CC(C)c1ccc(N2CCCCC2)cc1.CC(C)c1ccc(N2CCCCCC2)cc1.CC(C)c1ccc(N2CCCCCC2)cc1.CC(C)c1ccc(N2CCNCC2)cc1.CC(C)c1ccc(N2CCOCC2)cc1.CNCCNc1ccc(C(C)C)cc1.CNCCOc1ccc(C(C)C)cc1. The van der Waals surface area contributed by atoms with Crippen molar-refractivity contribution >= 4 is 45.5 Å². The smallest absolute Gasteiger partial charge is 0.119 e. The van der Waals surface area contributed by atoms with E-state index >= 15 is 0 Å². The van der Waals surface area contributed by atoms with Gasteiger partial charge in [-0.25, -0.2) is 0 Å². The van der Waals surface area contributed by atoms with Gasteiger partial charge in [-0.2, -0.15) is 0 Å². The fourth-order valence-electron chi connectivity index (χ4n) is 19.8. The first kappa shape index (κ1) is 122. The van der Waals surface area contributed by atoms with Crippen LogP contribution in [0.5, 0.6) is 5.75 Å². The lowest BCUT2D eigenvalue weighted by molar-refractivity contribution is 0.122. The van der Waals surface area contributed by atoms with Crippen molar-refractivity contribution in [2.75, 3.05) is 211 Å². The van der Waals surface area contributed by atoms with E-state index in [2.05, 4.69) is 430 Å². The fraction of sp³-hybridized carbons (Fsp3) is 0.552. The molecule has 0 saturated carbocycles. The number of benzene rings is 10. The molecule has 0 spiro atoms. The van der Waals surface area contributed by atoms with Gasteiger partial charge in [0.2, 0.25) is 0 Å². The predicted octanol–water partition coefficient (Wildman–Crippen LogP) is 32.0. The van der Waals surface area contributed by atoms with Crippen molar-refractivity contribution in [2.24, 2.45) is 0 Å². The molecule has 0 aromatic heterocycles. The molecule has 148 heavy (non-hydrogen) atoms. The number of piperazine rings is 1. The first-order valence-corrected chi connectivity index (χ1v) is 58.5. The maximum absolute atomic E-state index is 5.52. The molecule has 0 amide bonds. The zero-order valence-corrected chi connectivity index (χ0v) is 96.9. The van der Waals surface area contributed by atoms with Crippen molar-refractivity contribution in [3.63, 3.8) is 0 Å². The lowest BCUT2D eigenvalue weighted by Gasteiger charge is -2.29. The van der Waals surface area contributed by atoms with Crippen molar-refractivity contribution in [1.82, 2.24) is 21.3 Å². The molecular formula is C134H204N12O2. The van der Waals surface area contributed by atoms with Crippen LogP contribution in [0.25, 0.3) is 0 Å². The molecule has 8 aliphatic heterocycles. The molecule has 5 N–H and O–H groups in total. The number of nitrogens with one attached hydrogen (secondary N) is 5. The number of hydrogen-bond donors (Lipinski definition) is 5. The minimum absolute atomic E-state index is 0.585. The van der Waals surface area contributed by atoms with E-state index in [1.54, 1.807) is 0 Å². The molecule has 8 heterocycles. The zero-order valence-electron chi connectivity index (χ0n) is 96.9. The first-order chi connectivity index (χ1) is 71.6. The molecule has 8 aliphatic rings. The topological polar surface area (TPSA) is 101 Å². The van der Waals surface area contributed by atoms with Crippen LogP contribution in [-0.4, -0.2) is 171 Å². The maximum atomic E-state index is 5.52. The third-order valence-electron chi connectivity index (χ3n) is 30.2. The van der Waals surface area contributed by atoms with Crippen LogP contribution in [0.2, 0.25) is 0 Å². The molecule has 8 saturated heterocycles. The van der Waals surface area contributed by atoms with Gasteiger partial charge in [0.25, 0.3) is 0 Å². The fourth-order valence-corrected chi connectivity index (χ4v) is 19.8. The lowest BCUT2D eigenvalue weighted by Crippen LogP contribution is -2.43. The largest absolute Gasteiger partial charge is 0.492 e. The molecule has 14 heteroatoms. The Hall–Kier alpha value is -9.80. The first-order valence-electron chi connectivity index (χ1n) is 58.5. The second-order valence-corrected chi connectivity index (χ2v) is 45.1. The summed E-state index contributed by atoms with van der Waals surface area (Å²) in [5.41, 5.74) is 26.7. The predicted molar refractivity (Wildman–Crippen MR) is 650 cm³/mol. The summed E-state index contributed by atoms with van der Waals surface area (Å²) < 4.78 is 10.9. The van der Waals surface area contributed by atoms with Crippen molar-refractivity contribution in [1.29, 1.82) is 0 Å². The molecule has 0 bridgehead atoms. The summed E-state index contributed by atoms with van der Waals surface area (Å²) in [5, 5.41) is 16.3. The van der Waals surface area contributed by atoms with Gasteiger partial charge in [0, 0.05) is 170 Å². The van der Waals surface area contributed by atoms with E-state index in [1.165, 1.54) is 294 Å². The Morgan fingerprint density at radius 3 is 0.696 bits per heavy atom. The van der Waals surface area contributed by atoms with Gasteiger partial charge in [0.05, 0.1) is 13.2 Å². The average Bonchev–Trinajstić information content (AvgIpc) is 1.58. The summed E-state index contributed by atoms with van der Waals surface area (Å²) in [5.74, 6) is 8.01. The average molecular weight is 2020 g/mol. The molecule has 0 radical (unpaired) electrons. The lowest BCUT2D eigenvalue weighted by atomic mass is 9.89. The molecule has 10 aromatic carbocycles. The monoisotopic (exact) mass is 2010 g/mol. The van der Waals surface area contributed by atoms with E-state index < -0.39 is 0 Å². The van der Waals surface area contributed by atoms with E-state index in [4.69, 9.17) is 9.47 Å². The van der Waals surface area contributed by atoms with E-state index in [0.717, 1.165) is 90.4 Å². The molecule has 10 aromatic rings. The van der Waals surface area contributed by atoms with Gasteiger partial charge in [-0.1, -0.05) is 298 Å². The summed E-state index contributed by atoms with van der Waals surface area (Å²) in [6, 6.07) is 89.6. The van der Waals surface area contributed by atoms with Gasteiger partial charge < -0.3 is 70.4 Å². The maximum Gasteiger partial charge on any atom is 0.119 e. The standard InChI is InChI=1S/2C15H23N.2C14H21N.C13H20N2.C13H19NO.2C13H19N.C12H20N2.C12H19NO/c2*1-13(2)14-7-9-15(10-8-14)16-11-5-3-4-6-12-16;1-11(2)12-3-5-13(6-4-12)14-7-9-15-10-8-14;1-12(2)13-6-8-14(9-7-13)15-10-4-3-5-11-15;1-11(2)12-3-5-13(6-4-12)15-9-7-14-8-10-15;1-11(2)12-3-5-13(6-4-12)14-7-9-15-10-8-14;2*1-11(2)12-5-7-13(8-6-12)14-9-3-4-10-14;2*1-10(2)11-4-6-12(7-5-11)14-9-8-13-3/h2*7-10,13H,3-6,11-12H2,1-2H3;3-6,11,14-15H,7-10H2,1-2H3;6-9,12H,3-5,10-11H2,1-2H3;3-6,11,14H,7-10H2,1-2H3;3-6,11H,7-10H2,1-2H3;2*5-8,11H,3-4,9-10H2,1-2H3;4-7,10,13-14H,8-9H2,1-3H3;4-7,10,13H,8-9H2,1-3H3. The van der Waals surface area contributed by atoms with Gasteiger partial charge in [-0.15, -0.1) is 0 Å². The highest BCUT2D eigenvalue weighted by Crippen LogP contribution is 2.33. The number of hydrogen-bond acceptors (Lipinski definition) is 14. The Morgan fingerprint density at radius 1 is 0.236 bits per heavy atom. The molecular weight excluding hydrogens is 1810 g/mol. The van der Waals surface area contributed by atoms with Crippen LogP contribution in [0.3, 0.4) is 0 Å². The van der Waals surface area contributed by atoms with E-state index in [1.807, 2.05) is 26.2 Å². The highest BCUT2D eigenvalue weighted by molar-refractivity contribution is 5.55. The van der Waals surface area contributed by atoms with E-state index in [0.29, 0.717) is 59.2 Å². The zero-order chi connectivity index (χ0) is 106. The van der Waals surface area contributed by atoms with Crippen LogP contribution >= 0.6 is 0 Å². The van der Waals surface area contributed by atoms with Crippen LogP contribution in [0.15, 0.2) is 243 Å². The summed E-state index contributed by atoms with van der Waals surface area (Å²) in [4.78, 5) is 17.4. The van der Waals surface area contributed by atoms with Crippen LogP contribution in [0, 0.1) is 0 Å². The van der Waals surface area contributed by atoms with Crippen LogP contribution in [0.1, 0.15) is 374 Å². The van der Waals surface area contributed by atoms with Crippen molar-refractivity contribution in [3.8, 4) is 5.75 Å². The van der Waals surface area contributed by atoms with Gasteiger partial charge >= 0.3 is 0 Å². The number of piperidine rings is 2. The molecule has 0 aliphatic carbocycles. The number of likely N-dealkylation sites (N-methyl/N-ethyl adjacent to an activating group) is 2. The van der Waals surface area contributed by atoms with Crippen LogP contribution in [0.4, 0.5) is 45.5 Å². The molecule has 0 unspecified atom stereocenters. The minimum Gasteiger partial charge on any atom is -0.492 e. The second kappa shape index (κ2) is 68.9. The minimum atomic E-state index is 0.585. The Bertz CT molecular complexity index is 4540. The highest BCUT2D eigenvalue weighted by Gasteiger charge is 2.21. The van der Waals surface area contributed by atoms with Crippen LogP contribution < -0.4 is 65.6 Å². The molecule has 18 rings (SSSR count). The summed E-state index contributed by atoms with van der Waals surface area (Å²) in [6.07, 6.45) is 23.1. The Balaban J connectivity index is 0.000000183.